The zero-order valence-electron chi connectivity index (χ0n) is 11.5. The van der Waals surface area contributed by atoms with Gasteiger partial charge in [0.1, 0.15) is 16.7 Å². The lowest BCUT2D eigenvalue weighted by molar-refractivity contribution is -0.139. The van der Waals surface area contributed by atoms with Gasteiger partial charge in [0.15, 0.2) is 0 Å². The third-order valence-electron chi connectivity index (χ3n) is 2.62. The van der Waals surface area contributed by atoms with Crippen LogP contribution >= 0.6 is 27.7 Å². The maximum atomic E-state index is 12.4. The van der Waals surface area contributed by atoms with Crippen molar-refractivity contribution >= 4 is 43.7 Å². The zero-order valence-corrected chi connectivity index (χ0v) is 14.7. The summed E-state index contributed by atoms with van der Waals surface area (Å²) in [5, 5.41) is 9.11. The molecule has 0 fully saturated rings. The Morgan fingerprint density at radius 2 is 2.19 bits per heavy atom. The minimum absolute atomic E-state index is 0.102. The van der Waals surface area contributed by atoms with E-state index in [1.807, 2.05) is 6.26 Å². The number of carboxylic acids is 1. The fraction of sp³-hybridized carbons (Fsp3) is 0.417. The number of ether oxygens (including phenoxy) is 1. The van der Waals surface area contributed by atoms with Gasteiger partial charge in [-0.3, -0.25) is 4.79 Å². The largest absolute Gasteiger partial charge is 0.495 e. The molecular weight excluding hydrogens is 382 g/mol. The number of carbonyl (C=O) groups is 1. The molecule has 0 radical (unpaired) electrons. The molecule has 0 aliphatic rings. The summed E-state index contributed by atoms with van der Waals surface area (Å²) in [5.41, 5.74) is 0. The first-order valence-electron chi connectivity index (χ1n) is 5.89. The highest BCUT2D eigenvalue weighted by molar-refractivity contribution is 9.10. The first kappa shape index (κ1) is 18.3. The number of hydrogen-bond acceptors (Lipinski definition) is 5. The van der Waals surface area contributed by atoms with E-state index in [0.717, 1.165) is 0 Å². The topological polar surface area (TPSA) is 92.7 Å². The second kappa shape index (κ2) is 8.02. The Labute approximate surface area is 136 Å². The first-order chi connectivity index (χ1) is 9.81. The van der Waals surface area contributed by atoms with Crippen LogP contribution in [0.5, 0.6) is 5.75 Å². The second-order valence-electron chi connectivity index (χ2n) is 4.09. The third kappa shape index (κ3) is 5.17. The summed E-state index contributed by atoms with van der Waals surface area (Å²) in [6.45, 7) is 0. The van der Waals surface area contributed by atoms with Crippen molar-refractivity contribution in [3.63, 3.8) is 0 Å². The van der Waals surface area contributed by atoms with Gasteiger partial charge in [0, 0.05) is 4.47 Å². The van der Waals surface area contributed by atoms with E-state index in [-0.39, 0.29) is 17.1 Å². The molecule has 0 unspecified atom stereocenters. The Morgan fingerprint density at radius 1 is 1.52 bits per heavy atom. The molecule has 1 atom stereocenters. The molecule has 9 heteroatoms. The van der Waals surface area contributed by atoms with Gasteiger partial charge in [-0.25, -0.2) is 8.42 Å². The highest BCUT2D eigenvalue weighted by atomic mass is 79.9. The number of sulfonamides is 1. The number of aliphatic carboxylic acids is 1. The van der Waals surface area contributed by atoms with Crippen molar-refractivity contribution in [1.29, 1.82) is 0 Å². The zero-order chi connectivity index (χ0) is 16.0. The molecule has 21 heavy (non-hydrogen) atoms. The van der Waals surface area contributed by atoms with Gasteiger partial charge in [-0.05, 0) is 36.6 Å². The van der Waals surface area contributed by atoms with Crippen molar-refractivity contribution in [2.45, 2.75) is 17.4 Å². The van der Waals surface area contributed by atoms with Gasteiger partial charge in [-0.1, -0.05) is 15.9 Å². The van der Waals surface area contributed by atoms with Crippen LogP contribution < -0.4 is 9.46 Å². The van der Waals surface area contributed by atoms with Crippen LogP contribution in [0.4, 0.5) is 0 Å². The van der Waals surface area contributed by atoms with Crippen LogP contribution in [0, 0.1) is 0 Å². The molecular formula is C12H16BrNO5S2. The number of halogens is 1. The number of methoxy groups -OCH3 is 1. The van der Waals surface area contributed by atoms with Gasteiger partial charge < -0.3 is 9.84 Å². The van der Waals surface area contributed by atoms with Crippen molar-refractivity contribution in [2.75, 3.05) is 19.1 Å². The Bertz CT molecular complexity index is 606. The lowest BCUT2D eigenvalue weighted by Gasteiger charge is -2.16. The maximum absolute atomic E-state index is 12.4. The van der Waals surface area contributed by atoms with Gasteiger partial charge in [0.2, 0.25) is 10.0 Å². The van der Waals surface area contributed by atoms with E-state index in [1.54, 1.807) is 6.07 Å². The number of nitrogens with one attached hydrogen (secondary N) is 1. The van der Waals surface area contributed by atoms with Crippen LogP contribution in [0.3, 0.4) is 0 Å². The molecule has 0 amide bonds. The molecule has 0 aliphatic heterocycles. The molecule has 1 rings (SSSR count). The van der Waals surface area contributed by atoms with Crippen molar-refractivity contribution in [2.24, 2.45) is 0 Å². The molecule has 1 aromatic carbocycles. The van der Waals surface area contributed by atoms with Gasteiger partial charge in [-0.2, -0.15) is 16.5 Å². The van der Waals surface area contributed by atoms with E-state index >= 15 is 0 Å². The molecule has 6 nitrogen and oxygen atoms in total. The molecule has 0 saturated heterocycles. The number of benzene rings is 1. The average Bonchev–Trinajstić information content (AvgIpc) is 2.43. The lowest BCUT2D eigenvalue weighted by Crippen LogP contribution is -2.41. The predicted molar refractivity (Wildman–Crippen MR) is 85.4 cm³/mol. The Kier molecular flexibility index (Phi) is 6.98. The molecule has 0 aliphatic carbocycles. The smallest absolute Gasteiger partial charge is 0.321 e. The van der Waals surface area contributed by atoms with Gasteiger partial charge in [0.25, 0.3) is 0 Å². The summed E-state index contributed by atoms with van der Waals surface area (Å²) < 4.78 is 32.5. The number of hydrogen-bond donors (Lipinski definition) is 2. The van der Waals surface area contributed by atoms with Crippen LogP contribution in [0.25, 0.3) is 0 Å². The average molecular weight is 398 g/mol. The Hall–Kier alpha value is -0.770. The molecule has 2 N–H and O–H groups in total. The SMILES string of the molecule is COc1ccc(Br)cc1S(=O)(=O)N[C@@H](CCSC)C(=O)O. The van der Waals surface area contributed by atoms with E-state index in [0.29, 0.717) is 10.2 Å². The summed E-state index contributed by atoms with van der Waals surface area (Å²) in [6.07, 6.45) is 2.02. The van der Waals surface area contributed by atoms with Crippen LogP contribution in [0.15, 0.2) is 27.6 Å². The van der Waals surface area contributed by atoms with Crippen molar-refractivity contribution in [1.82, 2.24) is 4.72 Å². The number of carboxylic acid groups (broad SMARTS) is 1. The summed E-state index contributed by atoms with van der Waals surface area (Å²) in [4.78, 5) is 11.1. The summed E-state index contributed by atoms with van der Waals surface area (Å²) in [5.74, 6) is -0.518. The molecule has 0 spiro atoms. The van der Waals surface area contributed by atoms with E-state index in [1.165, 1.54) is 31.0 Å². The molecule has 0 saturated carbocycles. The van der Waals surface area contributed by atoms with Gasteiger partial charge >= 0.3 is 5.97 Å². The molecule has 0 aromatic heterocycles. The van der Waals surface area contributed by atoms with Crippen molar-refractivity contribution < 1.29 is 23.1 Å². The van der Waals surface area contributed by atoms with Crippen molar-refractivity contribution in [3.05, 3.63) is 22.7 Å². The number of thioether (sulfide) groups is 1. The van der Waals surface area contributed by atoms with E-state index in [9.17, 15) is 13.2 Å². The standard InChI is InChI=1S/C12H16BrNO5S2/c1-19-10-4-3-8(13)7-11(10)21(17,18)14-9(12(15)16)5-6-20-2/h3-4,7,9,14H,5-6H2,1-2H3,(H,15,16)/t9-/m0/s1. The van der Waals surface area contributed by atoms with E-state index in [2.05, 4.69) is 20.7 Å². The fourth-order valence-electron chi connectivity index (χ4n) is 1.58. The lowest BCUT2D eigenvalue weighted by atomic mass is 10.2. The highest BCUT2D eigenvalue weighted by Crippen LogP contribution is 2.27. The number of rotatable bonds is 8. The molecule has 0 bridgehead atoms. The summed E-state index contributed by atoms with van der Waals surface area (Å²) >= 11 is 4.64. The summed E-state index contributed by atoms with van der Waals surface area (Å²) in [6, 6.07) is 3.33. The van der Waals surface area contributed by atoms with Crippen molar-refractivity contribution in [3.8, 4) is 5.75 Å². The van der Waals surface area contributed by atoms with Gasteiger partial charge in [-0.15, -0.1) is 0 Å². The normalized spacial score (nSPS) is 12.9. The third-order valence-corrected chi connectivity index (χ3v) is 5.25. The molecule has 0 heterocycles. The minimum Gasteiger partial charge on any atom is -0.495 e. The Morgan fingerprint density at radius 3 is 2.71 bits per heavy atom. The van der Waals surface area contributed by atoms with Crippen LogP contribution in [-0.2, 0) is 14.8 Å². The quantitative estimate of drug-likeness (QED) is 0.696. The minimum atomic E-state index is -4.00. The fourth-order valence-corrected chi connectivity index (χ4v) is 3.98. The second-order valence-corrected chi connectivity index (χ2v) is 7.67. The monoisotopic (exact) mass is 397 g/mol. The molecule has 118 valence electrons. The van der Waals surface area contributed by atoms with Gasteiger partial charge in [0.05, 0.1) is 7.11 Å². The Balaban J connectivity index is 3.09. The highest BCUT2D eigenvalue weighted by Gasteiger charge is 2.27. The van der Waals surface area contributed by atoms with Crippen LogP contribution in [0.2, 0.25) is 0 Å². The van der Waals surface area contributed by atoms with Crippen LogP contribution in [-0.4, -0.2) is 44.7 Å². The first-order valence-corrected chi connectivity index (χ1v) is 9.56. The van der Waals surface area contributed by atoms with E-state index in [4.69, 9.17) is 9.84 Å². The predicted octanol–water partition coefficient (Wildman–Crippen LogP) is 1.94. The van der Waals surface area contributed by atoms with Crippen LogP contribution in [0.1, 0.15) is 6.42 Å². The maximum Gasteiger partial charge on any atom is 0.321 e. The molecule has 1 aromatic rings. The van der Waals surface area contributed by atoms with E-state index < -0.39 is 22.0 Å². The summed E-state index contributed by atoms with van der Waals surface area (Å²) in [7, 11) is -2.64.